The van der Waals surface area contributed by atoms with Crippen LogP contribution in [0.1, 0.15) is 18.7 Å². The molecule has 3 rings (SSSR count). The summed E-state index contributed by atoms with van der Waals surface area (Å²) in [7, 11) is 0. The molecule has 0 radical (unpaired) electrons. The Kier molecular flexibility index (Phi) is 3.57. The lowest BCUT2D eigenvalue weighted by molar-refractivity contribution is 0.0740. The first-order chi connectivity index (χ1) is 9.31. The van der Waals surface area contributed by atoms with Crippen molar-refractivity contribution in [3.63, 3.8) is 0 Å². The van der Waals surface area contributed by atoms with Gasteiger partial charge in [-0.2, -0.15) is 4.98 Å². The Balaban J connectivity index is 1.65. The summed E-state index contributed by atoms with van der Waals surface area (Å²) >= 11 is 0. The highest BCUT2D eigenvalue weighted by atomic mass is 16.5. The van der Waals surface area contributed by atoms with Crippen LogP contribution >= 0.6 is 0 Å². The van der Waals surface area contributed by atoms with Crippen LogP contribution in [0.2, 0.25) is 0 Å². The summed E-state index contributed by atoms with van der Waals surface area (Å²) < 4.78 is 5.28. The van der Waals surface area contributed by atoms with Crippen molar-refractivity contribution in [1.29, 1.82) is 0 Å². The van der Waals surface area contributed by atoms with Crippen molar-refractivity contribution >= 4 is 0 Å². The van der Waals surface area contributed by atoms with Crippen LogP contribution in [0, 0.1) is 0 Å². The molecule has 0 unspecified atom stereocenters. The van der Waals surface area contributed by atoms with Crippen LogP contribution in [0.5, 0.6) is 0 Å². The maximum absolute atomic E-state index is 9.47. The van der Waals surface area contributed by atoms with Gasteiger partial charge in [-0.25, -0.2) is 0 Å². The van der Waals surface area contributed by atoms with Gasteiger partial charge in [0.25, 0.3) is 0 Å². The second-order valence-electron chi connectivity index (χ2n) is 4.89. The highest BCUT2D eigenvalue weighted by Crippen LogP contribution is 2.17. The molecule has 1 aliphatic rings. The molecule has 0 saturated carbocycles. The lowest BCUT2D eigenvalue weighted by Gasteiger charge is -2.27. The third-order valence-electron chi connectivity index (χ3n) is 3.42. The van der Waals surface area contributed by atoms with E-state index >= 15 is 0 Å². The smallest absolute Gasteiger partial charge is 0.241 e. The van der Waals surface area contributed by atoms with E-state index in [0.717, 1.165) is 31.5 Å². The van der Waals surface area contributed by atoms with Crippen LogP contribution in [0.15, 0.2) is 34.9 Å². The van der Waals surface area contributed by atoms with Crippen LogP contribution < -0.4 is 0 Å². The fourth-order valence-corrected chi connectivity index (χ4v) is 2.29. The van der Waals surface area contributed by atoms with E-state index in [-0.39, 0.29) is 6.10 Å². The third kappa shape index (κ3) is 3.00. The minimum atomic E-state index is -0.154. The number of hydrogen-bond acceptors (Lipinski definition) is 5. The number of nitrogens with zero attached hydrogens (tertiary/aromatic N) is 3. The fourth-order valence-electron chi connectivity index (χ4n) is 2.29. The summed E-state index contributed by atoms with van der Waals surface area (Å²) in [6.45, 7) is 2.42. The van der Waals surface area contributed by atoms with E-state index in [4.69, 9.17) is 4.52 Å². The maximum Gasteiger partial charge on any atom is 0.241 e. The zero-order valence-corrected chi connectivity index (χ0v) is 10.7. The molecule has 0 aliphatic carbocycles. The first-order valence-corrected chi connectivity index (χ1v) is 6.60. The summed E-state index contributed by atoms with van der Waals surface area (Å²) in [4.78, 5) is 6.64. The van der Waals surface area contributed by atoms with Crippen LogP contribution in [0.3, 0.4) is 0 Å². The SMILES string of the molecule is OC1CCN(Cc2nc(-c3ccccc3)no2)CC1. The van der Waals surface area contributed by atoms with Gasteiger partial charge in [0.15, 0.2) is 0 Å². The first kappa shape index (κ1) is 12.3. The van der Waals surface area contributed by atoms with Crippen LogP contribution in [-0.4, -0.2) is 39.3 Å². The van der Waals surface area contributed by atoms with E-state index in [1.54, 1.807) is 0 Å². The number of hydrogen-bond donors (Lipinski definition) is 1. The summed E-state index contributed by atoms with van der Waals surface area (Å²) in [5.41, 5.74) is 0.964. The van der Waals surface area contributed by atoms with Crippen molar-refractivity contribution in [1.82, 2.24) is 15.0 Å². The quantitative estimate of drug-likeness (QED) is 0.909. The normalized spacial score (nSPS) is 17.7. The molecule has 2 aromatic rings. The number of rotatable bonds is 3. The van der Waals surface area contributed by atoms with Crippen LogP contribution in [-0.2, 0) is 6.54 Å². The van der Waals surface area contributed by atoms with E-state index < -0.39 is 0 Å². The summed E-state index contributed by atoms with van der Waals surface area (Å²) in [5.74, 6) is 1.27. The predicted molar refractivity (Wildman–Crippen MR) is 70.3 cm³/mol. The monoisotopic (exact) mass is 259 g/mol. The van der Waals surface area contributed by atoms with Gasteiger partial charge >= 0.3 is 0 Å². The van der Waals surface area contributed by atoms with Crippen molar-refractivity contribution in [3.8, 4) is 11.4 Å². The molecule has 1 aromatic heterocycles. The fraction of sp³-hybridized carbons (Fsp3) is 0.429. The second-order valence-corrected chi connectivity index (χ2v) is 4.89. The summed E-state index contributed by atoms with van der Waals surface area (Å²) in [6, 6.07) is 9.80. The van der Waals surface area contributed by atoms with Gasteiger partial charge in [0.2, 0.25) is 11.7 Å². The molecular formula is C14H17N3O2. The van der Waals surface area contributed by atoms with Crippen LogP contribution in [0.4, 0.5) is 0 Å². The minimum Gasteiger partial charge on any atom is -0.393 e. The predicted octanol–water partition coefficient (Wildman–Crippen LogP) is 1.69. The molecule has 0 atom stereocenters. The average Bonchev–Trinajstić information content (AvgIpc) is 2.91. The molecule has 0 amide bonds. The average molecular weight is 259 g/mol. The topological polar surface area (TPSA) is 62.4 Å². The Bertz CT molecular complexity index is 518. The molecule has 5 nitrogen and oxygen atoms in total. The number of aliphatic hydroxyl groups is 1. The molecule has 5 heteroatoms. The molecule has 0 bridgehead atoms. The number of piperidine rings is 1. The van der Waals surface area contributed by atoms with E-state index in [1.807, 2.05) is 30.3 Å². The van der Waals surface area contributed by atoms with Gasteiger partial charge in [0.1, 0.15) is 0 Å². The number of aromatic nitrogens is 2. The lowest BCUT2D eigenvalue weighted by Crippen LogP contribution is -2.35. The second kappa shape index (κ2) is 5.50. The van der Waals surface area contributed by atoms with Gasteiger partial charge in [-0.15, -0.1) is 0 Å². The van der Waals surface area contributed by atoms with Gasteiger partial charge in [0, 0.05) is 18.7 Å². The lowest BCUT2D eigenvalue weighted by atomic mass is 10.1. The molecule has 1 saturated heterocycles. The highest BCUT2D eigenvalue weighted by Gasteiger charge is 2.19. The third-order valence-corrected chi connectivity index (χ3v) is 3.42. The minimum absolute atomic E-state index is 0.154. The van der Waals surface area contributed by atoms with Crippen molar-refractivity contribution < 1.29 is 9.63 Å². The Hall–Kier alpha value is -1.72. The number of likely N-dealkylation sites (tertiary alicyclic amines) is 1. The van der Waals surface area contributed by atoms with Gasteiger partial charge in [-0.05, 0) is 12.8 Å². The maximum atomic E-state index is 9.47. The zero-order chi connectivity index (χ0) is 13.1. The molecule has 1 aromatic carbocycles. The first-order valence-electron chi connectivity index (χ1n) is 6.60. The molecular weight excluding hydrogens is 242 g/mol. The van der Waals surface area contributed by atoms with E-state index in [0.29, 0.717) is 18.3 Å². The zero-order valence-electron chi connectivity index (χ0n) is 10.7. The van der Waals surface area contributed by atoms with E-state index in [9.17, 15) is 5.11 Å². The standard InChI is InChI=1S/C14H17N3O2/c18-12-6-8-17(9-7-12)10-13-15-14(16-19-13)11-4-2-1-3-5-11/h1-5,12,18H,6-10H2. The summed E-state index contributed by atoms with van der Waals surface area (Å²) in [6.07, 6.45) is 1.48. The molecule has 1 N–H and O–H groups in total. The molecule has 2 heterocycles. The largest absolute Gasteiger partial charge is 0.393 e. The van der Waals surface area contributed by atoms with Gasteiger partial charge < -0.3 is 9.63 Å². The summed E-state index contributed by atoms with van der Waals surface area (Å²) in [5, 5.41) is 13.5. The Morgan fingerprint density at radius 2 is 1.95 bits per heavy atom. The molecule has 0 spiro atoms. The molecule has 1 fully saturated rings. The van der Waals surface area contributed by atoms with E-state index in [2.05, 4.69) is 15.0 Å². The Morgan fingerprint density at radius 1 is 1.21 bits per heavy atom. The van der Waals surface area contributed by atoms with Gasteiger partial charge in [-0.3, -0.25) is 4.90 Å². The van der Waals surface area contributed by atoms with E-state index in [1.165, 1.54) is 0 Å². The number of benzene rings is 1. The van der Waals surface area contributed by atoms with Crippen LogP contribution in [0.25, 0.3) is 11.4 Å². The Morgan fingerprint density at radius 3 is 2.68 bits per heavy atom. The van der Waals surface area contributed by atoms with Crippen molar-refractivity contribution in [2.45, 2.75) is 25.5 Å². The molecule has 19 heavy (non-hydrogen) atoms. The van der Waals surface area contributed by atoms with Crippen molar-refractivity contribution in [2.24, 2.45) is 0 Å². The highest BCUT2D eigenvalue weighted by molar-refractivity contribution is 5.53. The number of aliphatic hydroxyl groups excluding tert-OH is 1. The molecule has 100 valence electrons. The van der Waals surface area contributed by atoms with Gasteiger partial charge in [-0.1, -0.05) is 35.5 Å². The Labute approximate surface area is 111 Å². The van der Waals surface area contributed by atoms with Gasteiger partial charge in [0.05, 0.1) is 12.6 Å². The molecule has 1 aliphatic heterocycles. The van der Waals surface area contributed by atoms with Crippen molar-refractivity contribution in [3.05, 3.63) is 36.2 Å². The van der Waals surface area contributed by atoms with Crippen molar-refractivity contribution in [2.75, 3.05) is 13.1 Å².